The fraction of sp³-hybridized carbons (Fsp3) is 0.571. The highest BCUT2D eigenvalue weighted by Gasteiger charge is 2.45. The topological polar surface area (TPSA) is 127 Å². The fourth-order valence-electron chi connectivity index (χ4n) is 4.12. The second-order valence-corrected chi connectivity index (χ2v) is 13.4. The van der Waals surface area contributed by atoms with Gasteiger partial charge in [0.25, 0.3) is 0 Å². The van der Waals surface area contributed by atoms with Crippen LogP contribution in [-0.2, 0) is 22.1 Å². The average Bonchev–Trinajstić information content (AvgIpc) is 3.24. The van der Waals surface area contributed by atoms with Crippen molar-refractivity contribution in [2.24, 2.45) is 0 Å². The van der Waals surface area contributed by atoms with Gasteiger partial charge in [-0.15, -0.1) is 0 Å². The van der Waals surface area contributed by atoms with Gasteiger partial charge >= 0.3 is 0 Å². The number of carbonyl (C=O) groups excluding carboxylic acids is 1. The molecule has 0 aliphatic carbocycles. The molecule has 1 aliphatic heterocycles. The molecule has 1 aliphatic rings. The van der Waals surface area contributed by atoms with Crippen LogP contribution in [0.3, 0.4) is 0 Å². The van der Waals surface area contributed by atoms with Gasteiger partial charge in [0.05, 0.1) is 40.2 Å². The number of carbonyl (C=O) groups is 1. The summed E-state index contributed by atoms with van der Waals surface area (Å²) in [5, 5.41) is 21.0. The van der Waals surface area contributed by atoms with Crippen LogP contribution in [0.5, 0.6) is 17.2 Å². The molecule has 0 saturated carbocycles. The Bertz CT molecular complexity index is 1230. The van der Waals surface area contributed by atoms with E-state index in [1.807, 2.05) is 27.7 Å². The number of halogens is 1. The molecule has 0 fully saturated rings. The van der Waals surface area contributed by atoms with E-state index in [9.17, 15) is 19.2 Å². The number of aromatic nitrogens is 1. The largest absolute Gasteiger partial charge is 0.493 e. The molecule has 0 bridgehead atoms. The van der Waals surface area contributed by atoms with Crippen molar-refractivity contribution in [3.8, 4) is 17.2 Å². The molecule has 1 unspecified atom stereocenters. The molecule has 216 valence electrons. The molecular weight excluding hydrogens is 544 g/mol. The molecule has 11 heteroatoms. The van der Waals surface area contributed by atoms with Gasteiger partial charge in [0, 0.05) is 17.5 Å². The Hall–Kier alpha value is -2.24. The standard InChI is InChI=1S/C28H39ClN2O7S/c1-8-28(31-39(35)26(3,4)5)16-38-24-19(28)14-23(30-25(24)29)27(6,34)12-11-20(33)18-9-10-21(22(13-18)36-7)37-15-17(2)32/h9-10,13-14,17,31-32,34H,8,11-12,15-16H2,1-7H3/t17-,27+,28+,39?/m1/s1. The highest BCUT2D eigenvalue weighted by molar-refractivity contribution is 7.84. The van der Waals surface area contributed by atoms with Gasteiger partial charge in [0.2, 0.25) is 0 Å². The van der Waals surface area contributed by atoms with Gasteiger partial charge in [0.1, 0.15) is 18.8 Å². The van der Waals surface area contributed by atoms with Crippen molar-refractivity contribution in [1.29, 1.82) is 0 Å². The smallest absolute Gasteiger partial charge is 0.171 e. The minimum atomic E-state index is -1.48. The van der Waals surface area contributed by atoms with Crippen LogP contribution in [0.15, 0.2) is 24.3 Å². The van der Waals surface area contributed by atoms with Crippen LogP contribution in [0.4, 0.5) is 0 Å². The van der Waals surface area contributed by atoms with E-state index < -0.39 is 33.0 Å². The van der Waals surface area contributed by atoms with Crippen LogP contribution in [0.25, 0.3) is 0 Å². The van der Waals surface area contributed by atoms with Crippen LogP contribution in [0.2, 0.25) is 5.15 Å². The third kappa shape index (κ3) is 7.10. The maximum Gasteiger partial charge on any atom is 0.171 e. The first-order chi connectivity index (χ1) is 18.1. The number of Topliss-reactive ketones (excluding diaryl/α,β-unsaturated/α-hetero) is 1. The zero-order valence-corrected chi connectivity index (χ0v) is 25.2. The molecule has 9 nitrogen and oxygen atoms in total. The normalized spacial score (nSPS) is 19.9. The maximum absolute atomic E-state index is 13.0. The number of fused-ring (bicyclic) bond motifs is 1. The summed E-state index contributed by atoms with van der Waals surface area (Å²) in [7, 11) is 0.0914. The summed E-state index contributed by atoms with van der Waals surface area (Å²) in [5.41, 5.74) is -0.870. The van der Waals surface area contributed by atoms with Crippen LogP contribution in [0.1, 0.15) is 82.4 Å². The first kappa shape index (κ1) is 31.3. The van der Waals surface area contributed by atoms with Crippen molar-refractivity contribution < 1.29 is 33.4 Å². The number of nitrogens with zero attached hydrogens (tertiary/aromatic N) is 1. The molecule has 0 spiro atoms. The van der Waals surface area contributed by atoms with Crippen molar-refractivity contribution >= 4 is 28.4 Å². The zero-order chi connectivity index (χ0) is 29.2. The number of aliphatic hydroxyl groups excluding tert-OH is 1. The summed E-state index contributed by atoms with van der Waals surface area (Å²) >= 11 is 6.48. The van der Waals surface area contributed by atoms with Crippen molar-refractivity contribution in [2.75, 3.05) is 20.3 Å². The van der Waals surface area contributed by atoms with E-state index in [0.717, 1.165) is 0 Å². The maximum atomic E-state index is 13.0. The highest BCUT2D eigenvalue weighted by atomic mass is 35.5. The zero-order valence-electron chi connectivity index (χ0n) is 23.6. The number of aliphatic hydroxyl groups is 2. The first-order valence-corrected chi connectivity index (χ1v) is 14.4. The summed E-state index contributed by atoms with van der Waals surface area (Å²) in [4.78, 5) is 17.4. The van der Waals surface area contributed by atoms with Gasteiger partial charge in [-0.3, -0.25) is 4.79 Å². The average molecular weight is 583 g/mol. The SMILES string of the molecule is CC[C@]1(NS(=O)C(C)(C)C)COc2c1cc([C@@](C)(O)CCC(=O)c1ccc(OC[C@@H](C)O)c(OC)c1)nc2Cl. The number of hydrogen-bond donors (Lipinski definition) is 3. The van der Waals surface area contributed by atoms with Crippen LogP contribution in [0, 0.1) is 0 Å². The Morgan fingerprint density at radius 1 is 1.28 bits per heavy atom. The molecule has 3 rings (SSSR count). The molecule has 2 aromatic rings. The lowest BCUT2D eigenvalue weighted by Gasteiger charge is -2.32. The minimum Gasteiger partial charge on any atom is -0.493 e. The fourth-order valence-corrected chi connectivity index (χ4v) is 5.35. The van der Waals surface area contributed by atoms with Gasteiger partial charge in [-0.2, -0.15) is 0 Å². The van der Waals surface area contributed by atoms with Gasteiger partial charge in [-0.05, 0) is 71.7 Å². The molecule has 0 saturated heterocycles. The molecule has 39 heavy (non-hydrogen) atoms. The van der Waals surface area contributed by atoms with E-state index in [2.05, 4.69) is 9.71 Å². The van der Waals surface area contributed by atoms with Crippen LogP contribution in [-0.4, -0.2) is 56.4 Å². The lowest BCUT2D eigenvalue weighted by Crippen LogP contribution is -2.49. The van der Waals surface area contributed by atoms with Gasteiger partial charge < -0.3 is 24.4 Å². The van der Waals surface area contributed by atoms with Gasteiger partial charge in [0.15, 0.2) is 28.2 Å². The Kier molecular flexibility index (Phi) is 9.71. The summed E-state index contributed by atoms with van der Waals surface area (Å²) in [6.45, 7) is 11.1. The second kappa shape index (κ2) is 12.1. The molecule has 3 N–H and O–H groups in total. The number of ether oxygens (including phenoxy) is 3. The molecular formula is C28H39ClN2O7S. The van der Waals surface area contributed by atoms with E-state index >= 15 is 0 Å². The van der Waals surface area contributed by atoms with Gasteiger partial charge in [-0.25, -0.2) is 13.9 Å². The molecule has 0 radical (unpaired) electrons. The third-order valence-electron chi connectivity index (χ3n) is 6.71. The molecule has 1 aromatic heterocycles. The predicted molar refractivity (Wildman–Crippen MR) is 151 cm³/mol. The number of nitrogens with one attached hydrogen (secondary N) is 1. The van der Waals surface area contributed by atoms with E-state index in [1.54, 1.807) is 38.1 Å². The summed E-state index contributed by atoms with van der Waals surface area (Å²) in [5.74, 6) is 0.992. The molecule has 1 aromatic carbocycles. The van der Waals surface area contributed by atoms with Crippen molar-refractivity contribution in [3.05, 3.63) is 46.2 Å². The van der Waals surface area contributed by atoms with Gasteiger partial charge in [-0.1, -0.05) is 18.5 Å². The third-order valence-corrected chi connectivity index (χ3v) is 8.66. The molecule has 4 atom stereocenters. The quantitative estimate of drug-likeness (QED) is 0.248. The lowest BCUT2D eigenvalue weighted by molar-refractivity contribution is 0.0395. The van der Waals surface area contributed by atoms with E-state index in [1.165, 1.54) is 7.11 Å². The second-order valence-electron chi connectivity index (χ2n) is 11.1. The number of benzene rings is 1. The Balaban J connectivity index is 1.82. The predicted octanol–water partition coefficient (Wildman–Crippen LogP) is 4.42. The summed E-state index contributed by atoms with van der Waals surface area (Å²) in [6.07, 6.45) is 0.0334. The number of hydrogen-bond acceptors (Lipinski definition) is 8. The molecule has 0 amide bonds. The Morgan fingerprint density at radius 2 is 1.97 bits per heavy atom. The first-order valence-electron chi connectivity index (χ1n) is 12.9. The number of pyridine rings is 1. The van der Waals surface area contributed by atoms with E-state index in [4.69, 9.17) is 25.8 Å². The Labute approximate surface area is 237 Å². The number of methoxy groups -OCH3 is 1. The number of rotatable bonds is 12. The summed E-state index contributed by atoms with van der Waals surface area (Å²) in [6, 6.07) is 6.54. The highest BCUT2D eigenvalue weighted by Crippen LogP contribution is 2.45. The molecule has 2 heterocycles. The number of ketones is 1. The summed E-state index contributed by atoms with van der Waals surface area (Å²) < 4.78 is 32.5. The minimum absolute atomic E-state index is 0.0299. The van der Waals surface area contributed by atoms with E-state index in [0.29, 0.717) is 40.5 Å². The van der Waals surface area contributed by atoms with E-state index in [-0.39, 0.29) is 37.0 Å². The monoisotopic (exact) mass is 582 g/mol. The van der Waals surface area contributed by atoms with Crippen molar-refractivity contribution in [1.82, 2.24) is 9.71 Å². The van der Waals surface area contributed by atoms with Crippen molar-refractivity contribution in [2.45, 2.75) is 82.8 Å². The Morgan fingerprint density at radius 3 is 2.56 bits per heavy atom. The lowest BCUT2D eigenvalue weighted by atomic mass is 9.87. The van der Waals surface area contributed by atoms with Crippen LogP contribution < -0.4 is 18.9 Å². The van der Waals surface area contributed by atoms with Crippen molar-refractivity contribution in [3.63, 3.8) is 0 Å². The van der Waals surface area contributed by atoms with Crippen LogP contribution >= 0.6 is 11.6 Å².